The van der Waals surface area contributed by atoms with Gasteiger partial charge < -0.3 is 15.6 Å². The number of nitrogen functional groups attached to an aromatic ring is 1. The maximum absolute atomic E-state index is 6.19. The Labute approximate surface area is 123 Å². The molecular weight excluding hydrogens is 270 g/mol. The Hall–Kier alpha value is -1.62. The van der Waals surface area contributed by atoms with E-state index in [0.29, 0.717) is 6.04 Å². The minimum absolute atomic E-state index is 0.534. The van der Waals surface area contributed by atoms with Crippen LogP contribution in [0.3, 0.4) is 0 Å². The van der Waals surface area contributed by atoms with Gasteiger partial charge in [-0.25, -0.2) is 0 Å². The van der Waals surface area contributed by atoms with Crippen molar-refractivity contribution in [3.8, 4) is 11.1 Å². The van der Waals surface area contributed by atoms with Crippen LogP contribution in [0.5, 0.6) is 0 Å². The van der Waals surface area contributed by atoms with E-state index in [0.717, 1.165) is 39.7 Å². The fraction of sp³-hybridized carbons (Fsp3) is 0.400. The molecule has 0 saturated carbocycles. The van der Waals surface area contributed by atoms with E-state index in [1.807, 2.05) is 31.7 Å². The Morgan fingerprint density at radius 2 is 2.25 bits per heavy atom. The van der Waals surface area contributed by atoms with Crippen LogP contribution in [0.4, 0.5) is 11.4 Å². The Bertz CT molecular complexity index is 598. The van der Waals surface area contributed by atoms with Crippen LogP contribution in [0, 0.1) is 13.8 Å². The summed E-state index contributed by atoms with van der Waals surface area (Å²) in [6.45, 7) is 3.87. The SMILES string of the molecule is Cc1noc(C)c1-c1ccc(NC2CCSC2)c(N)c1. The van der Waals surface area contributed by atoms with Crippen LogP contribution >= 0.6 is 11.8 Å². The maximum Gasteiger partial charge on any atom is 0.141 e. The van der Waals surface area contributed by atoms with Crippen molar-refractivity contribution >= 4 is 23.1 Å². The zero-order chi connectivity index (χ0) is 14.1. The van der Waals surface area contributed by atoms with Crippen molar-refractivity contribution in [2.45, 2.75) is 26.3 Å². The van der Waals surface area contributed by atoms with Gasteiger partial charge in [-0.05, 0) is 43.7 Å². The van der Waals surface area contributed by atoms with E-state index in [4.69, 9.17) is 10.3 Å². The second kappa shape index (κ2) is 5.40. The molecule has 3 rings (SSSR count). The zero-order valence-electron chi connectivity index (χ0n) is 11.8. The number of aromatic nitrogens is 1. The van der Waals surface area contributed by atoms with Crippen molar-refractivity contribution in [1.29, 1.82) is 0 Å². The van der Waals surface area contributed by atoms with E-state index in [1.54, 1.807) is 0 Å². The van der Waals surface area contributed by atoms with Crippen molar-refractivity contribution < 1.29 is 4.52 Å². The molecule has 1 atom stereocenters. The van der Waals surface area contributed by atoms with Gasteiger partial charge in [0, 0.05) is 17.4 Å². The van der Waals surface area contributed by atoms with Gasteiger partial charge in [-0.15, -0.1) is 0 Å². The van der Waals surface area contributed by atoms with Crippen LogP contribution in [0.1, 0.15) is 17.9 Å². The quantitative estimate of drug-likeness (QED) is 0.847. The van der Waals surface area contributed by atoms with Gasteiger partial charge in [0.25, 0.3) is 0 Å². The molecule has 0 aliphatic carbocycles. The van der Waals surface area contributed by atoms with Crippen molar-refractivity contribution in [3.63, 3.8) is 0 Å². The summed E-state index contributed by atoms with van der Waals surface area (Å²) in [7, 11) is 0. The Balaban J connectivity index is 1.87. The number of aryl methyl sites for hydroxylation is 2. The van der Waals surface area contributed by atoms with Gasteiger partial charge in [0.1, 0.15) is 5.76 Å². The Kier molecular flexibility index (Phi) is 3.61. The predicted molar refractivity (Wildman–Crippen MR) is 85.2 cm³/mol. The molecule has 1 aliphatic heterocycles. The molecule has 1 fully saturated rings. The van der Waals surface area contributed by atoms with E-state index in [9.17, 15) is 0 Å². The summed E-state index contributed by atoms with van der Waals surface area (Å²) >= 11 is 1.99. The molecule has 0 bridgehead atoms. The number of nitrogens with two attached hydrogens (primary N) is 1. The standard InChI is InChI=1S/C15H19N3OS/c1-9-15(10(2)19-18-9)11-3-4-14(13(16)7-11)17-12-5-6-20-8-12/h3-4,7,12,17H,5-6,8,16H2,1-2H3. The zero-order valence-corrected chi connectivity index (χ0v) is 12.6. The van der Waals surface area contributed by atoms with Crippen LogP contribution in [-0.4, -0.2) is 22.7 Å². The smallest absolute Gasteiger partial charge is 0.141 e. The summed E-state index contributed by atoms with van der Waals surface area (Å²) in [5.74, 6) is 3.22. The summed E-state index contributed by atoms with van der Waals surface area (Å²) in [4.78, 5) is 0. The highest BCUT2D eigenvalue weighted by Gasteiger charge is 2.17. The van der Waals surface area contributed by atoms with Gasteiger partial charge >= 0.3 is 0 Å². The van der Waals surface area contributed by atoms with Crippen LogP contribution in [0.2, 0.25) is 0 Å². The lowest BCUT2D eigenvalue weighted by Gasteiger charge is -2.15. The molecule has 1 saturated heterocycles. The number of benzene rings is 1. The van der Waals surface area contributed by atoms with Gasteiger partial charge in [0.15, 0.2) is 0 Å². The molecule has 1 unspecified atom stereocenters. The molecule has 2 heterocycles. The van der Waals surface area contributed by atoms with Crippen LogP contribution in [0.25, 0.3) is 11.1 Å². The number of rotatable bonds is 3. The van der Waals surface area contributed by atoms with Crippen molar-refractivity contribution in [2.75, 3.05) is 22.6 Å². The summed E-state index contributed by atoms with van der Waals surface area (Å²) in [5, 5.41) is 7.52. The van der Waals surface area contributed by atoms with E-state index in [-0.39, 0.29) is 0 Å². The van der Waals surface area contributed by atoms with Gasteiger partial charge in [-0.1, -0.05) is 11.2 Å². The van der Waals surface area contributed by atoms with Gasteiger partial charge in [-0.3, -0.25) is 0 Å². The minimum Gasteiger partial charge on any atom is -0.397 e. The van der Waals surface area contributed by atoms with Crippen LogP contribution in [-0.2, 0) is 0 Å². The number of hydrogen-bond acceptors (Lipinski definition) is 5. The second-order valence-corrected chi connectivity index (χ2v) is 6.36. The highest BCUT2D eigenvalue weighted by Crippen LogP contribution is 2.32. The van der Waals surface area contributed by atoms with Gasteiger partial charge in [0.05, 0.1) is 17.1 Å². The molecular formula is C15H19N3OS. The first-order valence-corrected chi connectivity index (χ1v) is 7.97. The number of hydrogen-bond donors (Lipinski definition) is 2. The van der Waals surface area contributed by atoms with Gasteiger partial charge in [-0.2, -0.15) is 11.8 Å². The molecule has 1 aliphatic rings. The summed E-state index contributed by atoms with van der Waals surface area (Å²) in [5.41, 5.74) is 11.0. The molecule has 20 heavy (non-hydrogen) atoms. The molecule has 1 aromatic heterocycles. The highest BCUT2D eigenvalue weighted by molar-refractivity contribution is 7.99. The van der Waals surface area contributed by atoms with Crippen molar-refractivity contribution in [1.82, 2.24) is 5.16 Å². The van der Waals surface area contributed by atoms with Crippen LogP contribution in [0.15, 0.2) is 22.7 Å². The molecule has 0 amide bonds. The van der Waals surface area contributed by atoms with Crippen molar-refractivity contribution in [2.24, 2.45) is 0 Å². The lowest BCUT2D eigenvalue weighted by atomic mass is 10.0. The molecule has 1 aromatic carbocycles. The first kappa shape index (κ1) is 13.4. The average molecular weight is 289 g/mol. The summed E-state index contributed by atoms with van der Waals surface area (Å²) in [6, 6.07) is 6.66. The highest BCUT2D eigenvalue weighted by atomic mass is 32.2. The Morgan fingerprint density at radius 1 is 1.40 bits per heavy atom. The fourth-order valence-corrected chi connectivity index (χ4v) is 3.77. The minimum atomic E-state index is 0.534. The third-order valence-electron chi connectivity index (χ3n) is 3.66. The fourth-order valence-electron chi connectivity index (χ4n) is 2.61. The number of nitrogens with one attached hydrogen (secondary N) is 1. The van der Waals surface area contributed by atoms with Gasteiger partial charge in [0.2, 0.25) is 0 Å². The number of anilines is 2. The third-order valence-corrected chi connectivity index (χ3v) is 4.83. The van der Waals surface area contributed by atoms with E-state index in [2.05, 4.69) is 22.6 Å². The predicted octanol–water partition coefficient (Wildman–Crippen LogP) is 3.46. The topological polar surface area (TPSA) is 64.1 Å². The van der Waals surface area contributed by atoms with E-state index in [1.165, 1.54) is 12.2 Å². The molecule has 4 nitrogen and oxygen atoms in total. The molecule has 0 spiro atoms. The lowest BCUT2D eigenvalue weighted by Crippen LogP contribution is -2.18. The summed E-state index contributed by atoms with van der Waals surface area (Å²) in [6.07, 6.45) is 1.20. The lowest BCUT2D eigenvalue weighted by molar-refractivity contribution is 0.393. The molecule has 3 N–H and O–H groups in total. The first-order chi connectivity index (χ1) is 9.65. The maximum atomic E-state index is 6.19. The Morgan fingerprint density at radius 3 is 2.85 bits per heavy atom. The number of thioether (sulfide) groups is 1. The largest absolute Gasteiger partial charge is 0.397 e. The number of nitrogens with zero attached hydrogens (tertiary/aromatic N) is 1. The molecule has 0 radical (unpaired) electrons. The van der Waals surface area contributed by atoms with E-state index >= 15 is 0 Å². The first-order valence-electron chi connectivity index (χ1n) is 6.82. The molecule has 2 aromatic rings. The average Bonchev–Trinajstić information content (AvgIpc) is 3.03. The molecule has 106 valence electrons. The van der Waals surface area contributed by atoms with Crippen molar-refractivity contribution in [3.05, 3.63) is 29.7 Å². The normalized spacial score (nSPS) is 18.4. The third kappa shape index (κ3) is 2.50. The molecule has 5 heteroatoms. The second-order valence-electron chi connectivity index (χ2n) is 5.21. The van der Waals surface area contributed by atoms with Crippen LogP contribution < -0.4 is 11.1 Å². The summed E-state index contributed by atoms with van der Waals surface area (Å²) < 4.78 is 5.22. The monoisotopic (exact) mass is 289 g/mol. The van der Waals surface area contributed by atoms with E-state index < -0.39 is 0 Å².